The van der Waals surface area contributed by atoms with Gasteiger partial charge >= 0.3 is 0 Å². The van der Waals surface area contributed by atoms with Gasteiger partial charge in [-0.15, -0.1) is 0 Å². The maximum absolute atomic E-state index is 12.4. The van der Waals surface area contributed by atoms with Crippen molar-refractivity contribution in [1.82, 2.24) is 10.2 Å². The van der Waals surface area contributed by atoms with Crippen LogP contribution in [0.25, 0.3) is 0 Å². The van der Waals surface area contributed by atoms with Gasteiger partial charge in [-0.1, -0.05) is 20.8 Å². The smallest absolute Gasteiger partial charge is 0.246 e. The van der Waals surface area contributed by atoms with E-state index >= 15 is 0 Å². The maximum Gasteiger partial charge on any atom is 0.246 e. The third-order valence-corrected chi connectivity index (χ3v) is 3.91. The maximum atomic E-state index is 12.4. The van der Waals surface area contributed by atoms with Crippen LogP contribution < -0.4 is 5.32 Å². The van der Waals surface area contributed by atoms with E-state index in [1.807, 2.05) is 20.8 Å². The van der Waals surface area contributed by atoms with E-state index in [2.05, 4.69) is 5.32 Å². The molecule has 0 spiro atoms. The van der Waals surface area contributed by atoms with Crippen molar-refractivity contribution < 1.29 is 14.3 Å². The van der Waals surface area contributed by atoms with Crippen LogP contribution in [0.4, 0.5) is 0 Å². The predicted octanol–water partition coefficient (Wildman–Crippen LogP) is 0.929. The van der Waals surface area contributed by atoms with Gasteiger partial charge in [0.05, 0.1) is 6.61 Å². The van der Waals surface area contributed by atoms with E-state index in [0.717, 1.165) is 0 Å². The zero-order chi connectivity index (χ0) is 13.8. The van der Waals surface area contributed by atoms with Gasteiger partial charge in [-0.3, -0.25) is 9.59 Å². The molecule has 1 aliphatic rings. The summed E-state index contributed by atoms with van der Waals surface area (Å²) in [5.74, 6) is -0.0205. The Hall–Kier alpha value is -1.10. The van der Waals surface area contributed by atoms with Gasteiger partial charge in [0.15, 0.2) is 0 Å². The number of piperazine rings is 1. The molecule has 18 heavy (non-hydrogen) atoms. The van der Waals surface area contributed by atoms with E-state index in [1.54, 1.807) is 12.0 Å². The quantitative estimate of drug-likeness (QED) is 0.769. The summed E-state index contributed by atoms with van der Waals surface area (Å²) in [6.07, 6.45) is 1.88. The predicted molar refractivity (Wildman–Crippen MR) is 69.1 cm³/mol. The lowest BCUT2D eigenvalue weighted by Crippen LogP contribution is -2.70. The van der Waals surface area contributed by atoms with Gasteiger partial charge in [-0.25, -0.2) is 0 Å². The average Bonchev–Trinajstić information content (AvgIpc) is 2.39. The summed E-state index contributed by atoms with van der Waals surface area (Å²) in [5.41, 5.74) is -0.707. The number of carbonyl (C=O) groups excluding carboxylic acids is 2. The summed E-state index contributed by atoms with van der Waals surface area (Å²) in [6.45, 7) is 6.73. The molecule has 0 aromatic rings. The molecule has 1 N–H and O–H groups in total. The van der Waals surface area contributed by atoms with Gasteiger partial charge in [0.2, 0.25) is 11.8 Å². The molecule has 1 aliphatic heterocycles. The molecule has 1 fully saturated rings. The Morgan fingerprint density at radius 1 is 1.28 bits per heavy atom. The first kappa shape index (κ1) is 15.0. The summed E-state index contributed by atoms with van der Waals surface area (Å²) < 4.78 is 5.05. The third-order valence-electron chi connectivity index (χ3n) is 3.91. The van der Waals surface area contributed by atoms with Crippen LogP contribution in [0.3, 0.4) is 0 Å². The van der Waals surface area contributed by atoms with Crippen molar-refractivity contribution in [2.24, 2.45) is 0 Å². The normalized spacial score (nSPS) is 23.1. The van der Waals surface area contributed by atoms with Crippen LogP contribution in [0.1, 0.15) is 40.0 Å². The van der Waals surface area contributed by atoms with Crippen LogP contribution >= 0.6 is 0 Å². The highest BCUT2D eigenvalue weighted by molar-refractivity contribution is 5.99. The molecule has 1 unspecified atom stereocenters. The first-order chi connectivity index (χ1) is 8.57. The molecule has 2 amide bonds. The first-order valence-corrected chi connectivity index (χ1v) is 6.68. The van der Waals surface area contributed by atoms with Gasteiger partial charge < -0.3 is 15.0 Å². The van der Waals surface area contributed by atoms with Crippen LogP contribution in [0.5, 0.6) is 0 Å². The molecule has 1 atom stereocenters. The van der Waals surface area contributed by atoms with E-state index in [9.17, 15) is 9.59 Å². The Kier molecular flexibility index (Phi) is 5.14. The van der Waals surface area contributed by atoms with Gasteiger partial charge in [0, 0.05) is 13.7 Å². The number of nitrogens with one attached hydrogen (secondary N) is 1. The molecular weight excluding hydrogens is 232 g/mol. The number of carbonyl (C=O) groups is 2. The number of hydrogen-bond acceptors (Lipinski definition) is 3. The Labute approximate surface area is 109 Å². The largest absolute Gasteiger partial charge is 0.383 e. The molecule has 1 saturated heterocycles. The second kappa shape index (κ2) is 6.18. The molecule has 0 aromatic heterocycles. The average molecular weight is 256 g/mol. The van der Waals surface area contributed by atoms with Gasteiger partial charge in [-0.2, -0.15) is 0 Å². The molecular formula is C13H24N2O3. The van der Waals surface area contributed by atoms with Crippen molar-refractivity contribution >= 4 is 11.8 Å². The molecule has 104 valence electrons. The molecule has 0 aliphatic carbocycles. The fourth-order valence-corrected chi connectivity index (χ4v) is 2.61. The Morgan fingerprint density at radius 3 is 2.33 bits per heavy atom. The standard InChI is InChI=1S/C13H24N2O3/c1-5-10-11(16)15(8-9-18-4)13(6-2,7-3)12(17)14-10/h10H,5-9H2,1-4H3,(H,14,17). The van der Waals surface area contributed by atoms with Crippen LogP contribution in [-0.4, -0.2) is 48.6 Å². The van der Waals surface area contributed by atoms with E-state index in [0.29, 0.717) is 32.4 Å². The van der Waals surface area contributed by atoms with E-state index < -0.39 is 5.54 Å². The Balaban J connectivity index is 3.05. The van der Waals surface area contributed by atoms with Crippen LogP contribution in [-0.2, 0) is 14.3 Å². The highest BCUT2D eigenvalue weighted by Gasteiger charge is 2.49. The summed E-state index contributed by atoms with van der Waals surface area (Å²) in [4.78, 5) is 26.4. The minimum absolute atomic E-state index is 0.0119. The zero-order valence-corrected chi connectivity index (χ0v) is 11.8. The minimum atomic E-state index is -0.707. The lowest BCUT2D eigenvalue weighted by molar-refractivity contribution is -0.159. The number of hydrogen-bond donors (Lipinski definition) is 1. The van der Waals surface area contributed by atoms with Gasteiger partial charge in [0.25, 0.3) is 0 Å². The topological polar surface area (TPSA) is 58.6 Å². The van der Waals surface area contributed by atoms with Crippen molar-refractivity contribution in [3.63, 3.8) is 0 Å². The molecule has 0 saturated carbocycles. The lowest BCUT2D eigenvalue weighted by atomic mass is 9.85. The summed E-state index contributed by atoms with van der Waals surface area (Å²) >= 11 is 0. The molecule has 0 bridgehead atoms. The van der Waals surface area contributed by atoms with Crippen LogP contribution in [0.2, 0.25) is 0 Å². The molecule has 1 heterocycles. The second-order valence-corrected chi connectivity index (χ2v) is 4.66. The second-order valence-electron chi connectivity index (χ2n) is 4.66. The SMILES string of the molecule is CCC1NC(=O)C(CC)(CC)N(CCOC)C1=O. The van der Waals surface area contributed by atoms with Crippen molar-refractivity contribution in [2.45, 2.75) is 51.6 Å². The number of ether oxygens (including phenoxy) is 1. The number of rotatable bonds is 6. The number of methoxy groups -OCH3 is 1. The van der Waals surface area contributed by atoms with E-state index in [-0.39, 0.29) is 17.9 Å². The van der Waals surface area contributed by atoms with Crippen LogP contribution in [0, 0.1) is 0 Å². The fourth-order valence-electron chi connectivity index (χ4n) is 2.61. The summed E-state index contributed by atoms with van der Waals surface area (Å²) in [5, 5.41) is 2.84. The van der Waals surface area contributed by atoms with E-state index in [1.165, 1.54) is 0 Å². The first-order valence-electron chi connectivity index (χ1n) is 6.68. The van der Waals surface area contributed by atoms with Crippen molar-refractivity contribution in [2.75, 3.05) is 20.3 Å². The number of nitrogens with zero attached hydrogens (tertiary/aromatic N) is 1. The number of amides is 2. The summed E-state index contributed by atoms with van der Waals surface area (Å²) in [7, 11) is 1.60. The van der Waals surface area contributed by atoms with Crippen molar-refractivity contribution in [1.29, 1.82) is 0 Å². The molecule has 0 radical (unpaired) electrons. The monoisotopic (exact) mass is 256 g/mol. The highest BCUT2D eigenvalue weighted by atomic mass is 16.5. The summed E-state index contributed by atoms with van der Waals surface area (Å²) in [6, 6.07) is -0.388. The van der Waals surface area contributed by atoms with Crippen molar-refractivity contribution in [3.05, 3.63) is 0 Å². The minimum Gasteiger partial charge on any atom is -0.383 e. The van der Waals surface area contributed by atoms with Gasteiger partial charge in [-0.05, 0) is 19.3 Å². The Bertz CT molecular complexity index is 313. The highest BCUT2D eigenvalue weighted by Crippen LogP contribution is 2.29. The zero-order valence-electron chi connectivity index (χ0n) is 11.8. The Morgan fingerprint density at radius 2 is 1.89 bits per heavy atom. The fraction of sp³-hybridized carbons (Fsp3) is 0.846. The molecule has 1 rings (SSSR count). The third kappa shape index (κ3) is 2.36. The molecule has 0 aromatic carbocycles. The van der Waals surface area contributed by atoms with Gasteiger partial charge in [0.1, 0.15) is 11.6 Å². The lowest BCUT2D eigenvalue weighted by Gasteiger charge is -2.47. The van der Waals surface area contributed by atoms with E-state index in [4.69, 9.17) is 4.74 Å². The van der Waals surface area contributed by atoms with Crippen LogP contribution in [0.15, 0.2) is 0 Å². The molecule has 5 nitrogen and oxygen atoms in total. The molecule has 5 heteroatoms. The van der Waals surface area contributed by atoms with Crippen molar-refractivity contribution in [3.8, 4) is 0 Å².